The fraction of sp³-hybridized carbons (Fsp3) is 0.0263. The summed E-state index contributed by atoms with van der Waals surface area (Å²) in [5.41, 5.74) is 7.47. The molecular weight excluding hydrogens is 588 g/mol. The zero-order valence-electron chi connectivity index (χ0n) is 24.3. The van der Waals surface area contributed by atoms with Crippen molar-refractivity contribution in [2.75, 3.05) is 0 Å². The highest BCUT2D eigenvalue weighted by Crippen LogP contribution is 2.33. The monoisotopic (exact) mass is 616 g/mol. The molecule has 0 aliphatic carbocycles. The van der Waals surface area contributed by atoms with Crippen LogP contribution in [0, 0.1) is 10.2 Å². The first kappa shape index (κ1) is 31.3. The first-order valence-corrected chi connectivity index (χ1v) is 15.3. The Kier molecular flexibility index (Phi) is 10.2. The average molecular weight is 617 g/mol. The lowest BCUT2D eigenvalue weighted by atomic mass is 10.0. The van der Waals surface area contributed by atoms with Crippen molar-refractivity contribution >= 4 is 17.1 Å². The Morgan fingerprint density at radius 3 is 1.31 bits per heavy atom. The smallest absolute Gasteiger partial charge is 0.361 e. The quantitative estimate of drug-likeness (QED) is 0.230. The van der Waals surface area contributed by atoms with Gasteiger partial charge in [0.25, 0.3) is 0 Å². The van der Waals surface area contributed by atoms with Crippen molar-refractivity contribution < 1.29 is 38.0 Å². The third kappa shape index (κ3) is 9.20. The van der Waals surface area contributed by atoms with E-state index in [1.165, 1.54) is 0 Å². The molecule has 0 saturated carbocycles. The number of benzene rings is 4. The first-order chi connectivity index (χ1) is 21.7. The number of rotatable bonds is 6. The predicted molar refractivity (Wildman–Crippen MR) is 166 cm³/mol. The molecule has 5 aromatic rings. The molecule has 0 N–H and O–H groups in total. The molecule has 0 unspecified atom stereocenters. The number of allylic oxidation sites excluding steroid dienone is 6. The molecule has 0 saturated heterocycles. The van der Waals surface area contributed by atoms with Gasteiger partial charge in [0.05, 0.1) is 23.3 Å². The van der Waals surface area contributed by atoms with Gasteiger partial charge >= 0.3 is 11.5 Å². The van der Waals surface area contributed by atoms with Crippen LogP contribution in [0.15, 0.2) is 168 Å². The summed E-state index contributed by atoms with van der Waals surface area (Å²) >= 11 is 0. The summed E-state index contributed by atoms with van der Waals surface area (Å²) in [6, 6.07) is 45.1. The molecule has 2 heterocycles. The van der Waals surface area contributed by atoms with Gasteiger partial charge in [-0.05, 0) is 60.1 Å². The average Bonchev–Trinajstić information content (AvgIpc) is 3.07. The summed E-state index contributed by atoms with van der Waals surface area (Å²) < 4.78 is 46.7. The van der Waals surface area contributed by atoms with E-state index in [1.807, 2.05) is 72.8 Å². The van der Waals surface area contributed by atoms with Crippen LogP contribution in [0.4, 0.5) is 0 Å². The van der Waals surface area contributed by atoms with Gasteiger partial charge in [-0.2, -0.15) is 0 Å². The van der Waals surface area contributed by atoms with Gasteiger partial charge < -0.3 is 4.74 Å². The van der Waals surface area contributed by atoms with E-state index in [0.717, 1.165) is 62.0 Å². The molecule has 6 nitrogen and oxygen atoms in total. The standard InChI is InChI=1S/C38H29O2.ClHO4/c1-28(34-26-37(32-18-10-4-11-19-32)40-38(27-34)33-20-12-5-13-21-33)22-23-29-24-35(30-14-6-2-7-15-30)39-36(25-29)31-16-8-3-9-17-31;2-1(3,4)5/h2-27H,1H3;(H,2,3,4,5)/q+1;/p-1. The lowest BCUT2D eigenvalue weighted by Gasteiger charge is -2.19. The minimum absolute atomic E-state index is 0.829. The fourth-order valence-electron chi connectivity index (χ4n) is 4.64. The van der Waals surface area contributed by atoms with Gasteiger partial charge in [-0.1, -0.05) is 109 Å². The van der Waals surface area contributed by atoms with E-state index in [-0.39, 0.29) is 0 Å². The van der Waals surface area contributed by atoms with E-state index >= 15 is 0 Å². The van der Waals surface area contributed by atoms with Crippen LogP contribution in [-0.4, -0.2) is 0 Å². The molecular formula is C38H29ClO6. The van der Waals surface area contributed by atoms with Crippen LogP contribution in [0.25, 0.3) is 39.7 Å². The molecule has 1 aliphatic rings. The second kappa shape index (κ2) is 14.6. The van der Waals surface area contributed by atoms with Crippen LogP contribution in [0.5, 0.6) is 0 Å². The topological polar surface area (TPSA) is 113 Å². The molecule has 1 aliphatic heterocycles. The SMILES string of the molecule is C/C(=C/C=C1C=C(c2ccccc2)OC(c2ccccc2)=C1)c1cc(-c2ccccc2)[o+]c(-c2ccccc2)c1.[O-][Cl+3]([O-])([O-])[O-]. The van der Waals surface area contributed by atoms with Crippen molar-refractivity contribution in [1.82, 2.24) is 0 Å². The zero-order chi connectivity index (χ0) is 31.6. The lowest BCUT2D eigenvalue weighted by Crippen LogP contribution is -2.68. The Bertz CT molecular complexity index is 1720. The number of ether oxygens (including phenoxy) is 1. The molecule has 0 amide bonds. The normalized spacial score (nSPS) is 13.1. The third-order valence-electron chi connectivity index (χ3n) is 6.82. The van der Waals surface area contributed by atoms with E-state index in [2.05, 4.69) is 91.9 Å². The maximum atomic E-state index is 8.49. The molecule has 1 aromatic heterocycles. The van der Waals surface area contributed by atoms with Gasteiger partial charge in [0, 0.05) is 11.1 Å². The second-order valence-corrected chi connectivity index (χ2v) is 10.8. The van der Waals surface area contributed by atoms with Crippen molar-refractivity contribution in [2.24, 2.45) is 0 Å². The molecule has 0 fully saturated rings. The Morgan fingerprint density at radius 1 is 0.578 bits per heavy atom. The van der Waals surface area contributed by atoms with Crippen LogP contribution in [-0.2, 0) is 4.74 Å². The van der Waals surface area contributed by atoms with Crippen LogP contribution < -0.4 is 18.6 Å². The van der Waals surface area contributed by atoms with Crippen molar-refractivity contribution in [1.29, 1.82) is 0 Å². The van der Waals surface area contributed by atoms with Gasteiger partial charge in [-0.25, -0.2) is 23.1 Å². The molecule has 4 aromatic carbocycles. The fourth-order valence-corrected chi connectivity index (χ4v) is 4.64. The molecule has 0 bridgehead atoms. The summed E-state index contributed by atoms with van der Waals surface area (Å²) in [6.07, 6.45) is 8.50. The van der Waals surface area contributed by atoms with E-state index in [4.69, 9.17) is 27.8 Å². The number of hydrogen-bond acceptors (Lipinski definition) is 5. The van der Waals surface area contributed by atoms with Crippen LogP contribution in [0.3, 0.4) is 0 Å². The Labute approximate surface area is 264 Å². The van der Waals surface area contributed by atoms with Crippen molar-refractivity contribution in [3.05, 3.63) is 180 Å². The predicted octanol–water partition coefficient (Wildman–Crippen LogP) is 5.58. The van der Waals surface area contributed by atoms with Crippen LogP contribution >= 0.6 is 0 Å². The minimum Gasteiger partial charge on any atom is -0.456 e. The zero-order valence-corrected chi connectivity index (χ0v) is 25.1. The Morgan fingerprint density at radius 2 is 0.933 bits per heavy atom. The van der Waals surface area contributed by atoms with Gasteiger partial charge in [0.2, 0.25) is 0 Å². The van der Waals surface area contributed by atoms with E-state index in [0.29, 0.717) is 0 Å². The highest BCUT2D eigenvalue weighted by Gasteiger charge is 2.20. The first-order valence-electron chi connectivity index (χ1n) is 14.0. The van der Waals surface area contributed by atoms with Crippen LogP contribution in [0.1, 0.15) is 23.6 Å². The van der Waals surface area contributed by atoms with E-state index < -0.39 is 10.2 Å². The number of hydrogen-bond donors (Lipinski definition) is 0. The summed E-state index contributed by atoms with van der Waals surface area (Å²) in [6.45, 7) is 2.14. The van der Waals surface area contributed by atoms with E-state index in [1.54, 1.807) is 0 Å². The maximum Gasteiger partial charge on any atom is 0.361 e. The van der Waals surface area contributed by atoms with Crippen molar-refractivity contribution in [3.63, 3.8) is 0 Å². The highest BCUT2D eigenvalue weighted by molar-refractivity contribution is 5.79. The van der Waals surface area contributed by atoms with Crippen molar-refractivity contribution in [2.45, 2.75) is 6.92 Å². The number of halogens is 1. The van der Waals surface area contributed by atoms with Gasteiger partial charge in [0.1, 0.15) is 11.5 Å². The molecule has 224 valence electrons. The van der Waals surface area contributed by atoms with E-state index in [9.17, 15) is 0 Å². The van der Waals surface area contributed by atoms with Gasteiger partial charge in [-0.3, -0.25) is 0 Å². The third-order valence-corrected chi connectivity index (χ3v) is 6.82. The van der Waals surface area contributed by atoms with Crippen LogP contribution in [0.2, 0.25) is 0 Å². The molecule has 6 rings (SSSR count). The molecule has 0 radical (unpaired) electrons. The summed E-state index contributed by atoms with van der Waals surface area (Å²) in [5.74, 6) is 3.33. The summed E-state index contributed by atoms with van der Waals surface area (Å²) in [7, 11) is -4.94. The molecule has 0 spiro atoms. The lowest BCUT2D eigenvalue weighted by molar-refractivity contribution is -2.00. The van der Waals surface area contributed by atoms with Crippen molar-refractivity contribution in [3.8, 4) is 22.6 Å². The molecule has 45 heavy (non-hydrogen) atoms. The van der Waals surface area contributed by atoms with Gasteiger partial charge in [0.15, 0.2) is 0 Å². The maximum absolute atomic E-state index is 8.49. The minimum atomic E-state index is -4.94. The largest absolute Gasteiger partial charge is 0.456 e. The second-order valence-electron chi connectivity index (χ2n) is 10.1. The Hall–Kier alpha value is -5.08. The summed E-state index contributed by atoms with van der Waals surface area (Å²) in [5, 5.41) is 0. The Balaban J connectivity index is 0.000000743. The van der Waals surface area contributed by atoms with Gasteiger partial charge in [-0.15, -0.1) is 10.2 Å². The molecule has 0 atom stereocenters. The summed E-state index contributed by atoms with van der Waals surface area (Å²) in [4.78, 5) is 0. The highest BCUT2D eigenvalue weighted by atomic mass is 35.7. The molecule has 7 heteroatoms.